The van der Waals surface area contributed by atoms with Crippen LogP contribution in [0, 0.1) is 0 Å². The molecule has 0 atom stereocenters. The Balaban J connectivity index is 2.62. The zero-order valence-corrected chi connectivity index (χ0v) is 15.6. The van der Waals surface area contributed by atoms with Crippen molar-refractivity contribution in [1.29, 1.82) is 0 Å². The predicted molar refractivity (Wildman–Crippen MR) is 89.0 cm³/mol. The van der Waals surface area contributed by atoms with Gasteiger partial charge in [0.25, 0.3) is 0 Å². The van der Waals surface area contributed by atoms with Crippen molar-refractivity contribution >= 4 is 41.7 Å². The Kier molecular flexibility index (Phi) is 7.50. The lowest BCUT2D eigenvalue weighted by Crippen LogP contribution is -2.12. The van der Waals surface area contributed by atoms with Crippen molar-refractivity contribution in [3.8, 4) is 5.75 Å². The van der Waals surface area contributed by atoms with E-state index in [1.807, 2.05) is 12.1 Å². The van der Waals surface area contributed by atoms with E-state index in [1.165, 1.54) is 6.26 Å². The van der Waals surface area contributed by atoms with Crippen LogP contribution in [0.1, 0.15) is 18.9 Å². The Labute approximate surface area is 137 Å². The summed E-state index contributed by atoms with van der Waals surface area (Å²) < 4.78 is 29.4. The minimum Gasteiger partial charge on any atom is -0.491 e. The fourth-order valence-electron chi connectivity index (χ4n) is 1.62. The molecule has 1 rings (SSSR count). The SMILES string of the molecule is CCNCc1cc(Br)c(OCCCS(C)(=O)=O)c(Br)c1. The molecule has 7 heteroatoms. The van der Waals surface area contributed by atoms with Crippen LogP contribution >= 0.6 is 31.9 Å². The monoisotopic (exact) mass is 427 g/mol. The van der Waals surface area contributed by atoms with Crippen LogP contribution in [-0.4, -0.2) is 33.6 Å². The highest BCUT2D eigenvalue weighted by atomic mass is 79.9. The van der Waals surface area contributed by atoms with Crippen molar-refractivity contribution < 1.29 is 13.2 Å². The van der Waals surface area contributed by atoms with Crippen molar-refractivity contribution in [3.05, 3.63) is 26.6 Å². The van der Waals surface area contributed by atoms with Gasteiger partial charge < -0.3 is 10.1 Å². The summed E-state index contributed by atoms with van der Waals surface area (Å²) >= 11 is 6.96. The van der Waals surface area contributed by atoms with Crippen molar-refractivity contribution in [1.82, 2.24) is 5.32 Å². The van der Waals surface area contributed by atoms with E-state index in [4.69, 9.17) is 4.74 Å². The van der Waals surface area contributed by atoms with Gasteiger partial charge in [0.2, 0.25) is 0 Å². The second-order valence-electron chi connectivity index (χ2n) is 4.50. The summed E-state index contributed by atoms with van der Waals surface area (Å²) in [6, 6.07) is 4.00. The topological polar surface area (TPSA) is 55.4 Å². The van der Waals surface area contributed by atoms with Gasteiger partial charge in [0.15, 0.2) is 0 Å². The minimum atomic E-state index is -2.93. The Morgan fingerprint density at radius 2 is 1.85 bits per heavy atom. The fraction of sp³-hybridized carbons (Fsp3) is 0.538. The highest BCUT2D eigenvalue weighted by Crippen LogP contribution is 2.34. The third-order valence-corrected chi connectivity index (χ3v) is 4.75. The van der Waals surface area contributed by atoms with E-state index in [-0.39, 0.29) is 5.75 Å². The molecule has 0 fully saturated rings. The molecule has 0 saturated heterocycles. The Morgan fingerprint density at radius 1 is 1.25 bits per heavy atom. The number of ether oxygens (including phenoxy) is 1. The van der Waals surface area contributed by atoms with E-state index in [1.54, 1.807) is 0 Å². The number of nitrogens with one attached hydrogen (secondary N) is 1. The molecule has 0 unspecified atom stereocenters. The zero-order chi connectivity index (χ0) is 15.2. The molecule has 1 aromatic carbocycles. The standard InChI is InChI=1S/C13H19Br2NO3S/c1-3-16-9-10-7-11(14)13(12(15)8-10)19-5-4-6-20(2,17)18/h7-8,16H,3-6,9H2,1-2H3. The molecule has 0 aromatic heterocycles. The summed E-state index contributed by atoms with van der Waals surface area (Å²) in [5, 5.41) is 3.26. The first-order valence-corrected chi connectivity index (χ1v) is 9.97. The molecule has 0 radical (unpaired) electrons. The van der Waals surface area contributed by atoms with E-state index in [0.29, 0.717) is 18.8 Å². The average molecular weight is 429 g/mol. The van der Waals surface area contributed by atoms with Crippen LogP contribution in [0.5, 0.6) is 5.75 Å². The van der Waals surface area contributed by atoms with Crippen LogP contribution in [0.4, 0.5) is 0 Å². The van der Waals surface area contributed by atoms with Crippen LogP contribution < -0.4 is 10.1 Å². The first-order valence-electron chi connectivity index (χ1n) is 6.32. The van der Waals surface area contributed by atoms with Crippen LogP contribution in [-0.2, 0) is 16.4 Å². The summed E-state index contributed by atoms with van der Waals surface area (Å²) in [6.07, 6.45) is 1.71. The number of rotatable bonds is 8. The maximum atomic E-state index is 11.0. The summed E-state index contributed by atoms with van der Waals surface area (Å²) in [6.45, 7) is 4.14. The van der Waals surface area contributed by atoms with Gasteiger partial charge in [-0.05, 0) is 62.5 Å². The molecule has 0 spiro atoms. The second kappa shape index (κ2) is 8.36. The molecule has 4 nitrogen and oxygen atoms in total. The number of hydrogen-bond acceptors (Lipinski definition) is 4. The van der Waals surface area contributed by atoms with Crippen LogP contribution in [0.2, 0.25) is 0 Å². The number of benzene rings is 1. The largest absolute Gasteiger partial charge is 0.491 e. The molecule has 0 amide bonds. The molecule has 0 aliphatic rings. The minimum absolute atomic E-state index is 0.140. The summed E-state index contributed by atoms with van der Waals surface area (Å²) in [5.74, 6) is 0.847. The van der Waals surface area contributed by atoms with Gasteiger partial charge in [-0.3, -0.25) is 0 Å². The molecule has 114 valence electrons. The molecule has 0 heterocycles. The first kappa shape index (κ1) is 17.9. The lowest BCUT2D eigenvalue weighted by atomic mass is 10.2. The Bertz CT molecular complexity index is 524. The first-order chi connectivity index (χ1) is 9.33. The van der Waals surface area contributed by atoms with E-state index in [2.05, 4.69) is 44.1 Å². The number of hydrogen-bond donors (Lipinski definition) is 1. The fourth-order valence-corrected chi connectivity index (χ4v) is 3.77. The van der Waals surface area contributed by atoms with Crippen LogP contribution in [0.25, 0.3) is 0 Å². The second-order valence-corrected chi connectivity index (χ2v) is 8.47. The van der Waals surface area contributed by atoms with Crippen LogP contribution in [0.15, 0.2) is 21.1 Å². The molecule has 20 heavy (non-hydrogen) atoms. The summed E-state index contributed by atoms with van der Waals surface area (Å²) in [7, 11) is -2.93. The summed E-state index contributed by atoms with van der Waals surface area (Å²) in [4.78, 5) is 0. The molecular weight excluding hydrogens is 410 g/mol. The maximum Gasteiger partial charge on any atom is 0.147 e. The average Bonchev–Trinajstić information content (AvgIpc) is 2.33. The van der Waals surface area contributed by atoms with E-state index in [0.717, 1.165) is 27.6 Å². The smallest absolute Gasteiger partial charge is 0.147 e. The number of sulfone groups is 1. The van der Waals surface area contributed by atoms with E-state index in [9.17, 15) is 8.42 Å². The van der Waals surface area contributed by atoms with Crippen molar-refractivity contribution in [2.24, 2.45) is 0 Å². The lowest BCUT2D eigenvalue weighted by molar-refractivity contribution is 0.313. The Morgan fingerprint density at radius 3 is 2.35 bits per heavy atom. The third kappa shape index (κ3) is 6.56. The van der Waals surface area contributed by atoms with Crippen LogP contribution in [0.3, 0.4) is 0 Å². The molecule has 0 aliphatic carbocycles. The van der Waals surface area contributed by atoms with Gasteiger partial charge in [0.1, 0.15) is 15.6 Å². The van der Waals surface area contributed by atoms with Crippen molar-refractivity contribution in [3.63, 3.8) is 0 Å². The van der Waals surface area contributed by atoms with Gasteiger partial charge in [-0.25, -0.2) is 8.42 Å². The Hall–Kier alpha value is -0.110. The van der Waals surface area contributed by atoms with Gasteiger partial charge in [0.05, 0.1) is 21.3 Å². The molecule has 1 N–H and O–H groups in total. The van der Waals surface area contributed by atoms with Gasteiger partial charge >= 0.3 is 0 Å². The predicted octanol–water partition coefficient (Wildman–Crippen LogP) is 3.13. The van der Waals surface area contributed by atoms with Gasteiger partial charge in [0, 0.05) is 12.8 Å². The van der Waals surface area contributed by atoms with Crippen molar-refractivity contribution in [2.75, 3.05) is 25.2 Å². The zero-order valence-electron chi connectivity index (χ0n) is 11.6. The molecule has 1 aromatic rings. The highest BCUT2D eigenvalue weighted by Gasteiger charge is 2.10. The molecule has 0 aliphatic heterocycles. The highest BCUT2D eigenvalue weighted by molar-refractivity contribution is 9.11. The maximum absolute atomic E-state index is 11.0. The third-order valence-electron chi connectivity index (χ3n) is 2.54. The lowest BCUT2D eigenvalue weighted by Gasteiger charge is -2.12. The van der Waals surface area contributed by atoms with Gasteiger partial charge in [-0.1, -0.05) is 6.92 Å². The molecule has 0 bridgehead atoms. The van der Waals surface area contributed by atoms with Gasteiger partial charge in [-0.2, -0.15) is 0 Å². The van der Waals surface area contributed by atoms with E-state index < -0.39 is 9.84 Å². The van der Waals surface area contributed by atoms with Gasteiger partial charge in [-0.15, -0.1) is 0 Å². The molecular formula is C13H19Br2NO3S. The molecule has 0 saturated carbocycles. The van der Waals surface area contributed by atoms with Crippen molar-refractivity contribution in [2.45, 2.75) is 19.9 Å². The number of halogens is 2. The normalized spacial score (nSPS) is 11.6. The van der Waals surface area contributed by atoms with E-state index >= 15 is 0 Å². The summed E-state index contributed by atoms with van der Waals surface area (Å²) in [5.41, 5.74) is 1.15. The quantitative estimate of drug-likeness (QED) is 0.646.